The Morgan fingerprint density at radius 2 is 1.76 bits per heavy atom. The van der Waals surface area contributed by atoms with Gasteiger partial charge in [-0.05, 0) is 44.5 Å². The minimum Gasteiger partial charge on any atom is -0.461 e. The molecule has 7 heteroatoms. The Morgan fingerprint density at radius 1 is 1.07 bits per heavy atom. The van der Waals surface area contributed by atoms with Gasteiger partial charge in [-0.3, -0.25) is 9.59 Å². The molecule has 0 saturated heterocycles. The van der Waals surface area contributed by atoms with Gasteiger partial charge >= 0.3 is 5.97 Å². The van der Waals surface area contributed by atoms with Gasteiger partial charge in [-0.2, -0.15) is 9.78 Å². The molecule has 148 valence electrons. The molecular weight excluding hydrogens is 370 g/mol. The summed E-state index contributed by atoms with van der Waals surface area (Å²) in [6, 6.07) is 15.3. The van der Waals surface area contributed by atoms with Crippen molar-refractivity contribution in [1.82, 2.24) is 9.78 Å². The summed E-state index contributed by atoms with van der Waals surface area (Å²) in [5.74, 6) is -1.17. The Bertz CT molecular complexity index is 1120. The summed E-state index contributed by atoms with van der Waals surface area (Å²) in [6.45, 7) is 5.53. The first-order chi connectivity index (χ1) is 13.9. The quantitative estimate of drug-likeness (QED) is 0.674. The molecule has 0 spiro atoms. The number of carbonyl (C=O) groups excluding carboxylic acids is 2. The van der Waals surface area contributed by atoms with Gasteiger partial charge in [0.25, 0.3) is 11.5 Å². The zero-order chi connectivity index (χ0) is 21.0. The molecule has 0 aliphatic rings. The van der Waals surface area contributed by atoms with E-state index in [4.69, 9.17) is 4.74 Å². The number of benzene rings is 2. The molecule has 1 heterocycles. The first-order valence-corrected chi connectivity index (χ1v) is 9.16. The lowest BCUT2D eigenvalue weighted by molar-refractivity contribution is 0.0518. The second kappa shape index (κ2) is 8.52. The van der Waals surface area contributed by atoms with Gasteiger partial charge < -0.3 is 10.1 Å². The van der Waals surface area contributed by atoms with Gasteiger partial charge in [-0.15, -0.1) is 0 Å². The Kier molecular flexibility index (Phi) is 5.87. The zero-order valence-electron chi connectivity index (χ0n) is 16.4. The van der Waals surface area contributed by atoms with Crippen LogP contribution in [0.1, 0.15) is 38.9 Å². The third-order valence-corrected chi connectivity index (χ3v) is 4.32. The van der Waals surface area contributed by atoms with Crippen LogP contribution in [0.4, 0.5) is 5.69 Å². The number of esters is 1. The van der Waals surface area contributed by atoms with Gasteiger partial charge in [0.1, 0.15) is 0 Å². The van der Waals surface area contributed by atoms with Crippen molar-refractivity contribution in [3.8, 4) is 5.69 Å². The highest BCUT2D eigenvalue weighted by molar-refractivity contribution is 6.08. The van der Waals surface area contributed by atoms with Crippen LogP contribution in [0.25, 0.3) is 5.69 Å². The topological polar surface area (TPSA) is 90.3 Å². The van der Waals surface area contributed by atoms with E-state index in [-0.39, 0.29) is 18.0 Å². The predicted molar refractivity (Wildman–Crippen MR) is 110 cm³/mol. The highest BCUT2D eigenvalue weighted by atomic mass is 16.5. The van der Waals surface area contributed by atoms with Crippen LogP contribution >= 0.6 is 0 Å². The lowest BCUT2D eigenvalue weighted by atomic mass is 10.1. The summed E-state index contributed by atoms with van der Waals surface area (Å²) in [7, 11) is 0. The van der Waals surface area contributed by atoms with Crippen LogP contribution in [0.3, 0.4) is 0 Å². The van der Waals surface area contributed by atoms with E-state index in [0.717, 1.165) is 15.8 Å². The monoisotopic (exact) mass is 391 g/mol. The number of anilines is 1. The Labute approximate surface area is 168 Å². The number of nitrogens with one attached hydrogen (secondary N) is 1. The lowest BCUT2D eigenvalue weighted by Gasteiger charge is -2.13. The molecule has 0 fully saturated rings. The lowest BCUT2D eigenvalue weighted by Crippen LogP contribution is -2.27. The maximum atomic E-state index is 12.7. The summed E-state index contributed by atoms with van der Waals surface area (Å²) in [6.07, 6.45) is 0. The molecule has 1 aromatic heterocycles. The number of amides is 1. The van der Waals surface area contributed by atoms with E-state index in [0.29, 0.717) is 11.3 Å². The molecule has 0 bridgehead atoms. The summed E-state index contributed by atoms with van der Waals surface area (Å²) >= 11 is 0. The van der Waals surface area contributed by atoms with E-state index >= 15 is 0 Å². The molecule has 3 rings (SSSR count). The molecule has 29 heavy (non-hydrogen) atoms. The fraction of sp³-hybridized carbons (Fsp3) is 0.182. The van der Waals surface area contributed by atoms with Crippen LogP contribution in [0.2, 0.25) is 0 Å². The van der Waals surface area contributed by atoms with Crippen molar-refractivity contribution < 1.29 is 14.3 Å². The maximum Gasteiger partial charge on any atom is 0.360 e. The van der Waals surface area contributed by atoms with Gasteiger partial charge in [0.05, 0.1) is 18.0 Å². The molecule has 0 aliphatic heterocycles. The van der Waals surface area contributed by atoms with Crippen molar-refractivity contribution in [2.24, 2.45) is 0 Å². The van der Waals surface area contributed by atoms with Crippen LogP contribution < -0.4 is 10.9 Å². The second-order valence-corrected chi connectivity index (χ2v) is 6.48. The number of aromatic nitrogens is 2. The first kappa shape index (κ1) is 20.0. The van der Waals surface area contributed by atoms with Crippen LogP contribution in [-0.2, 0) is 4.74 Å². The van der Waals surface area contributed by atoms with Gasteiger partial charge in [0, 0.05) is 11.6 Å². The average molecular weight is 391 g/mol. The molecule has 0 atom stereocenters. The van der Waals surface area contributed by atoms with Crippen molar-refractivity contribution in [3.05, 3.63) is 87.3 Å². The van der Waals surface area contributed by atoms with Crippen molar-refractivity contribution >= 4 is 17.6 Å². The minimum atomic E-state index is -0.728. The molecule has 1 N–H and O–H groups in total. The molecule has 7 nitrogen and oxygen atoms in total. The standard InChI is InChI=1S/C22H21N3O4/c1-4-29-22(28)20-18(23-21(27)17-8-6-5-7-15(17)3)13-19(26)25(24-20)16-11-9-14(2)10-12-16/h5-13H,4H2,1-3H3,(H,23,27). The summed E-state index contributed by atoms with van der Waals surface area (Å²) in [5, 5.41) is 6.79. The highest BCUT2D eigenvalue weighted by Crippen LogP contribution is 2.17. The predicted octanol–water partition coefficient (Wildman–Crippen LogP) is 3.28. The van der Waals surface area contributed by atoms with Crippen molar-refractivity contribution in [3.63, 3.8) is 0 Å². The molecule has 2 aromatic carbocycles. The Balaban J connectivity index is 2.06. The highest BCUT2D eigenvalue weighted by Gasteiger charge is 2.21. The Hall–Kier alpha value is -3.74. The van der Waals surface area contributed by atoms with E-state index in [9.17, 15) is 14.4 Å². The van der Waals surface area contributed by atoms with E-state index in [1.807, 2.05) is 25.1 Å². The Morgan fingerprint density at radius 3 is 2.41 bits per heavy atom. The van der Waals surface area contributed by atoms with E-state index in [1.165, 1.54) is 6.07 Å². The fourth-order valence-electron chi connectivity index (χ4n) is 2.79. The molecule has 0 radical (unpaired) electrons. The number of aryl methyl sites for hydroxylation is 2. The van der Waals surface area contributed by atoms with Crippen molar-refractivity contribution in [1.29, 1.82) is 0 Å². The zero-order valence-corrected chi connectivity index (χ0v) is 16.4. The molecule has 0 aliphatic carbocycles. The molecule has 0 unspecified atom stereocenters. The molecule has 1 amide bonds. The summed E-state index contributed by atoms with van der Waals surface area (Å²) < 4.78 is 6.17. The van der Waals surface area contributed by atoms with Crippen LogP contribution in [-0.4, -0.2) is 28.3 Å². The largest absolute Gasteiger partial charge is 0.461 e. The minimum absolute atomic E-state index is 0.00469. The number of ether oxygens (including phenoxy) is 1. The van der Waals surface area contributed by atoms with Gasteiger partial charge in [0.2, 0.25) is 0 Å². The first-order valence-electron chi connectivity index (χ1n) is 9.16. The van der Waals surface area contributed by atoms with Crippen LogP contribution in [0, 0.1) is 13.8 Å². The smallest absolute Gasteiger partial charge is 0.360 e. The average Bonchev–Trinajstić information content (AvgIpc) is 2.69. The maximum absolute atomic E-state index is 12.7. The third kappa shape index (κ3) is 4.40. The number of hydrogen-bond donors (Lipinski definition) is 1. The second-order valence-electron chi connectivity index (χ2n) is 6.48. The molecule has 3 aromatic rings. The number of carbonyl (C=O) groups is 2. The SMILES string of the molecule is CCOC(=O)c1nn(-c2ccc(C)cc2)c(=O)cc1NC(=O)c1ccccc1C. The third-order valence-electron chi connectivity index (χ3n) is 4.32. The summed E-state index contributed by atoms with van der Waals surface area (Å²) in [4.78, 5) is 37.8. The van der Waals surface area contributed by atoms with Gasteiger partial charge in [-0.25, -0.2) is 4.79 Å². The van der Waals surface area contributed by atoms with E-state index in [1.54, 1.807) is 44.2 Å². The molecular formula is C22H21N3O4. The fourth-order valence-corrected chi connectivity index (χ4v) is 2.79. The molecule has 0 saturated carbocycles. The van der Waals surface area contributed by atoms with Crippen LogP contribution in [0.5, 0.6) is 0 Å². The normalized spacial score (nSPS) is 10.4. The van der Waals surface area contributed by atoms with E-state index < -0.39 is 17.4 Å². The van der Waals surface area contributed by atoms with Gasteiger partial charge in [0.15, 0.2) is 5.69 Å². The van der Waals surface area contributed by atoms with Crippen LogP contribution in [0.15, 0.2) is 59.4 Å². The van der Waals surface area contributed by atoms with E-state index in [2.05, 4.69) is 10.4 Å². The number of rotatable bonds is 5. The summed E-state index contributed by atoms with van der Waals surface area (Å²) in [5.41, 5.74) is 2.10. The number of hydrogen-bond acceptors (Lipinski definition) is 5. The van der Waals surface area contributed by atoms with Gasteiger partial charge in [-0.1, -0.05) is 35.9 Å². The number of nitrogens with zero attached hydrogens (tertiary/aromatic N) is 2. The van der Waals surface area contributed by atoms with Crippen molar-refractivity contribution in [2.45, 2.75) is 20.8 Å². The van der Waals surface area contributed by atoms with Crippen molar-refractivity contribution in [2.75, 3.05) is 11.9 Å².